The van der Waals surface area contributed by atoms with E-state index in [4.69, 9.17) is 18.2 Å². The Balaban J connectivity index is 1.48. The van der Waals surface area contributed by atoms with Gasteiger partial charge in [-0.3, -0.25) is 9.78 Å². The lowest BCUT2D eigenvalue weighted by atomic mass is 10.1. The highest BCUT2D eigenvalue weighted by Crippen LogP contribution is 2.30. The zero-order chi connectivity index (χ0) is 22.7. The molecule has 0 bridgehead atoms. The zero-order valence-corrected chi connectivity index (χ0v) is 18.5. The first-order valence-electron chi connectivity index (χ1n) is 9.71. The highest BCUT2D eigenvalue weighted by Gasteiger charge is 2.14. The van der Waals surface area contributed by atoms with Crippen LogP contribution < -0.4 is 5.32 Å². The molecule has 3 heterocycles. The number of carbonyl (C=O) groups is 1. The Bertz CT molecular complexity index is 1340. The maximum absolute atomic E-state index is 14.6. The van der Waals surface area contributed by atoms with E-state index < -0.39 is 5.82 Å². The van der Waals surface area contributed by atoms with Crippen molar-refractivity contribution in [1.29, 1.82) is 0 Å². The van der Waals surface area contributed by atoms with Gasteiger partial charge in [0.2, 0.25) is 5.69 Å². The highest BCUT2D eigenvalue weighted by molar-refractivity contribution is 7.12. The van der Waals surface area contributed by atoms with Crippen molar-refractivity contribution >= 4 is 34.5 Å². The first-order chi connectivity index (χ1) is 15.5. The topological polar surface area (TPSA) is 64.2 Å². The van der Waals surface area contributed by atoms with Gasteiger partial charge < -0.3 is 5.32 Å². The van der Waals surface area contributed by atoms with Crippen molar-refractivity contribution in [3.8, 4) is 16.8 Å². The molecular formula is C23H17ClFN5OS. The predicted octanol–water partition coefficient (Wildman–Crippen LogP) is 5.83. The summed E-state index contributed by atoms with van der Waals surface area (Å²) in [5.74, 6) is -0.770. The molecule has 1 amide bonds. The van der Waals surface area contributed by atoms with Crippen LogP contribution in [-0.2, 0) is 13.0 Å². The molecule has 0 saturated heterocycles. The monoisotopic (exact) mass is 465 g/mol. The van der Waals surface area contributed by atoms with Gasteiger partial charge in [0, 0.05) is 22.8 Å². The minimum atomic E-state index is -0.536. The van der Waals surface area contributed by atoms with Crippen LogP contribution in [0.5, 0.6) is 0 Å². The van der Waals surface area contributed by atoms with Crippen molar-refractivity contribution in [2.45, 2.75) is 19.9 Å². The highest BCUT2D eigenvalue weighted by atomic mass is 35.5. The summed E-state index contributed by atoms with van der Waals surface area (Å²) in [7, 11) is 0. The number of rotatable bonds is 6. The number of thiophene rings is 1. The number of nitrogens with zero attached hydrogens (tertiary/aromatic N) is 4. The van der Waals surface area contributed by atoms with Crippen LogP contribution in [0.1, 0.15) is 27.9 Å². The number of nitrogens with one attached hydrogen (secondary N) is 1. The van der Waals surface area contributed by atoms with Gasteiger partial charge in [-0.1, -0.05) is 30.7 Å². The average Bonchev–Trinajstić information content (AvgIpc) is 3.48. The number of amides is 1. The number of hydrogen-bond acceptors (Lipinski definition) is 4. The molecule has 0 fully saturated rings. The number of carbonyl (C=O) groups excluding carboxylic acids is 1. The molecule has 0 saturated carbocycles. The summed E-state index contributed by atoms with van der Waals surface area (Å²) in [6.07, 6.45) is 5.61. The van der Waals surface area contributed by atoms with E-state index in [9.17, 15) is 9.18 Å². The Morgan fingerprint density at radius 1 is 1.28 bits per heavy atom. The number of hydrogen-bond donors (Lipinski definition) is 1. The van der Waals surface area contributed by atoms with Crippen LogP contribution >= 0.6 is 22.9 Å². The van der Waals surface area contributed by atoms with Gasteiger partial charge in [-0.05, 0) is 35.1 Å². The first-order valence-corrected chi connectivity index (χ1v) is 11.0. The second kappa shape index (κ2) is 9.30. The van der Waals surface area contributed by atoms with Gasteiger partial charge in [0.1, 0.15) is 5.82 Å². The van der Waals surface area contributed by atoms with Crippen molar-refractivity contribution in [1.82, 2.24) is 20.1 Å². The van der Waals surface area contributed by atoms with Crippen LogP contribution in [0.25, 0.3) is 21.7 Å². The quantitative estimate of drug-likeness (QED) is 0.364. The molecule has 0 atom stereocenters. The van der Waals surface area contributed by atoms with Crippen molar-refractivity contribution in [2.75, 3.05) is 0 Å². The molecule has 0 unspecified atom stereocenters. The number of aryl methyl sites for hydroxylation is 1. The molecule has 0 radical (unpaired) electrons. The fourth-order valence-corrected chi connectivity index (χ4v) is 4.29. The van der Waals surface area contributed by atoms with E-state index in [1.807, 2.05) is 18.4 Å². The number of benzene rings is 1. The Hall–Kier alpha value is -3.54. The fourth-order valence-electron chi connectivity index (χ4n) is 3.16. The van der Waals surface area contributed by atoms with Crippen LogP contribution in [0.4, 0.5) is 10.1 Å². The maximum Gasteiger partial charge on any atom is 0.261 e. The minimum Gasteiger partial charge on any atom is -0.346 e. The van der Waals surface area contributed by atoms with Gasteiger partial charge in [0.15, 0.2) is 0 Å². The molecule has 0 aliphatic rings. The Kier molecular flexibility index (Phi) is 6.30. The van der Waals surface area contributed by atoms with Gasteiger partial charge in [-0.15, -0.1) is 11.3 Å². The molecule has 0 aliphatic carbocycles. The van der Waals surface area contributed by atoms with Crippen LogP contribution in [0.2, 0.25) is 5.02 Å². The molecule has 4 aromatic rings. The Morgan fingerprint density at radius 2 is 2.12 bits per heavy atom. The summed E-state index contributed by atoms with van der Waals surface area (Å²) in [5, 5.41) is 9.23. The van der Waals surface area contributed by atoms with E-state index in [1.54, 1.807) is 30.6 Å². The molecule has 0 spiro atoms. The minimum absolute atomic E-state index is 0.0116. The second-order valence-corrected chi connectivity index (χ2v) is 8.21. The van der Waals surface area contributed by atoms with Crippen LogP contribution in [0, 0.1) is 12.4 Å². The molecule has 32 heavy (non-hydrogen) atoms. The number of halogens is 2. The third-order valence-corrected chi connectivity index (χ3v) is 6.16. The Morgan fingerprint density at radius 3 is 2.84 bits per heavy atom. The second-order valence-electron chi connectivity index (χ2n) is 6.88. The van der Waals surface area contributed by atoms with Crippen molar-refractivity contribution in [3.05, 3.63) is 92.7 Å². The van der Waals surface area contributed by atoms with E-state index in [1.165, 1.54) is 28.3 Å². The lowest BCUT2D eigenvalue weighted by Gasteiger charge is -2.08. The molecule has 1 N–H and O–H groups in total. The molecule has 160 valence electrons. The molecule has 9 heteroatoms. The lowest BCUT2D eigenvalue weighted by molar-refractivity contribution is 0.0953. The maximum atomic E-state index is 14.6. The predicted molar refractivity (Wildman–Crippen MR) is 123 cm³/mol. The van der Waals surface area contributed by atoms with Crippen molar-refractivity contribution < 1.29 is 9.18 Å². The van der Waals surface area contributed by atoms with Gasteiger partial charge >= 0.3 is 0 Å². The van der Waals surface area contributed by atoms with Gasteiger partial charge in [0.25, 0.3) is 5.91 Å². The number of aromatic nitrogens is 3. The van der Waals surface area contributed by atoms with Gasteiger partial charge in [-0.2, -0.15) is 5.10 Å². The summed E-state index contributed by atoms with van der Waals surface area (Å²) in [6, 6.07) is 8.36. The van der Waals surface area contributed by atoms with E-state index in [-0.39, 0.29) is 18.1 Å². The van der Waals surface area contributed by atoms with Gasteiger partial charge in [0.05, 0.1) is 41.8 Å². The SMILES string of the molecule is [C-]#[N+]c1ccc(-c2cnn(-c3cnc(CNC(=O)c4sccc4CC)c(F)c3)c2)cc1Cl. The summed E-state index contributed by atoms with van der Waals surface area (Å²) in [4.78, 5) is 20.5. The normalized spacial score (nSPS) is 10.7. The summed E-state index contributed by atoms with van der Waals surface area (Å²) >= 11 is 7.48. The van der Waals surface area contributed by atoms with Crippen LogP contribution in [-0.4, -0.2) is 20.7 Å². The number of pyridine rings is 1. The zero-order valence-electron chi connectivity index (χ0n) is 17.0. The van der Waals surface area contributed by atoms with Crippen LogP contribution in [0.15, 0.2) is 54.3 Å². The van der Waals surface area contributed by atoms with E-state index >= 15 is 0 Å². The molecule has 4 rings (SSSR count). The first kappa shape index (κ1) is 21.7. The van der Waals surface area contributed by atoms with E-state index in [0.29, 0.717) is 21.3 Å². The molecule has 3 aromatic heterocycles. The molecule has 1 aromatic carbocycles. The van der Waals surface area contributed by atoms with E-state index in [2.05, 4.69) is 20.2 Å². The molecule has 0 aliphatic heterocycles. The smallest absolute Gasteiger partial charge is 0.261 e. The summed E-state index contributed by atoms with van der Waals surface area (Å²) in [6.45, 7) is 9.05. The third kappa shape index (κ3) is 4.40. The average molecular weight is 466 g/mol. The van der Waals surface area contributed by atoms with Crippen molar-refractivity contribution in [3.63, 3.8) is 0 Å². The van der Waals surface area contributed by atoms with E-state index in [0.717, 1.165) is 23.1 Å². The van der Waals surface area contributed by atoms with Crippen molar-refractivity contribution in [2.24, 2.45) is 0 Å². The molecular weight excluding hydrogens is 449 g/mol. The lowest BCUT2D eigenvalue weighted by Crippen LogP contribution is -2.24. The summed E-state index contributed by atoms with van der Waals surface area (Å²) in [5.41, 5.74) is 3.49. The third-order valence-electron chi connectivity index (χ3n) is 4.90. The van der Waals surface area contributed by atoms with Gasteiger partial charge in [-0.25, -0.2) is 13.9 Å². The summed E-state index contributed by atoms with van der Waals surface area (Å²) < 4.78 is 16.1. The Labute approximate surface area is 193 Å². The van der Waals surface area contributed by atoms with Crippen LogP contribution in [0.3, 0.4) is 0 Å². The fraction of sp³-hybridized carbons (Fsp3) is 0.130. The largest absolute Gasteiger partial charge is 0.346 e. The standard InChI is InChI=1S/C23H17ClFN5OS/c1-3-14-6-7-32-22(14)23(31)28-12-21-19(25)9-17(11-27-21)30-13-16(10-29-30)15-4-5-20(26-2)18(24)8-15/h4-11,13H,3,12H2,1H3,(H,28,31). The molecule has 6 nitrogen and oxygen atoms in total.